The maximum Gasteiger partial charge on any atom is 0.235 e. The topological polar surface area (TPSA) is 81.4 Å². The van der Waals surface area contributed by atoms with E-state index in [1.165, 1.54) is 0 Å². The summed E-state index contributed by atoms with van der Waals surface area (Å²) < 4.78 is 17.1. The molecule has 0 aromatic heterocycles. The Balaban J connectivity index is 2.73. The predicted octanol–water partition coefficient (Wildman–Crippen LogP) is 0.836. The van der Waals surface area contributed by atoms with E-state index in [-0.39, 0.29) is 5.91 Å². The molecule has 0 saturated heterocycles. The van der Waals surface area contributed by atoms with E-state index in [1.807, 2.05) is 13.0 Å². The van der Waals surface area contributed by atoms with Crippen molar-refractivity contribution >= 4 is 22.4 Å². The van der Waals surface area contributed by atoms with Crippen LogP contribution in [-0.4, -0.2) is 35.6 Å². The van der Waals surface area contributed by atoms with Crippen molar-refractivity contribution < 1.29 is 13.7 Å². The van der Waals surface area contributed by atoms with Gasteiger partial charge in [0.15, 0.2) is 0 Å². The molecule has 2 unspecified atom stereocenters. The van der Waals surface area contributed by atoms with Gasteiger partial charge in [-0.2, -0.15) is 0 Å². The number of anilines is 1. The molecule has 1 rings (SSSR count). The number of hydrogen-bond donors (Lipinski definition) is 2. The molecular weight excluding hydrogens is 264 g/mol. The summed E-state index contributed by atoms with van der Waals surface area (Å²) in [6.45, 7) is 4.36. The number of hydrogen-bond acceptors (Lipinski definition) is 4. The molecular formula is C13H20N2O3S. The van der Waals surface area contributed by atoms with Gasteiger partial charge in [-0.25, -0.2) is 0 Å². The van der Waals surface area contributed by atoms with Crippen LogP contribution in [0.5, 0.6) is 0 Å². The van der Waals surface area contributed by atoms with E-state index in [4.69, 9.17) is 10.5 Å². The summed E-state index contributed by atoms with van der Waals surface area (Å²) in [7, 11) is 0.0949. The fourth-order valence-corrected chi connectivity index (χ4v) is 2.71. The van der Waals surface area contributed by atoms with Gasteiger partial charge in [0.05, 0.1) is 22.3 Å². The maximum atomic E-state index is 12.3. The highest BCUT2D eigenvalue weighted by Gasteiger charge is 2.22. The Morgan fingerprint density at radius 3 is 2.79 bits per heavy atom. The van der Waals surface area contributed by atoms with E-state index in [9.17, 15) is 9.00 Å². The van der Waals surface area contributed by atoms with Gasteiger partial charge in [-0.3, -0.25) is 9.00 Å². The summed E-state index contributed by atoms with van der Waals surface area (Å²) in [6.07, 6.45) is 0. The lowest BCUT2D eigenvalue weighted by atomic mass is 10.2. The lowest BCUT2D eigenvalue weighted by Gasteiger charge is -2.13. The number of ether oxygens (including phenoxy) is 1. The van der Waals surface area contributed by atoms with Crippen molar-refractivity contribution in [1.82, 2.24) is 5.32 Å². The SMILES string of the molecule is COCCNC(=O)C(C)S(=O)c1ccc(C)cc1N. The molecule has 0 spiro atoms. The largest absolute Gasteiger partial charge is 0.398 e. The first-order chi connectivity index (χ1) is 8.97. The lowest BCUT2D eigenvalue weighted by molar-refractivity contribution is -0.120. The molecule has 1 aromatic rings. The molecule has 0 saturated carbocycles. The average Bonchev–Trinajstić information content (AvgIpc) is 2.37. The third-order valence-electron chi connectivity index (χ3n) is 2.68. The van der Waals surface area contributed by atoms with E-state index in [0.717, 1.165) is 5.56 Å². The van der Waals surface area contributed by atoms with E-state index >= 15 is 0 Å². The fraction of sp³-hybridized carbons (Fsp3) is 0.462. The van der Waals surface area contributed by atoms with Crippen molar-refractivity contribution in [2.45, 2.75) is 24.0 Å². The summed E-state index contributed by atoms with van der Waals surface area (Å²) in [5.74, 6) is -0.268. The standard InChI is InChI=1S/C13H20N2O3S/c1-9-4-5-12(11(14)8-9)19(17)10(2)13(16)15-6-7-18-3/h4-5,8,10H,6-7,14H2,1-3H3,(H,15,16). The van der Waals surface area contributed by atoms with Crippen molar-refractivity contribution in [2.75, 3.05) is 26.0 Å². The van der Waals surface area contributed by atoms with Crippen LogP contribution >= 0.6 is 0 Å². The van der Waals surface area contributed by atoms with E-state index in [1.54, 1.807) is 26.2 Å². The molecule has 19 heavy (non-hydrogen) atoms. The number of carbonyl (C=O) groups excluding carboxylic acids is 1. The number of carbonyl (C=O) groups is 1. The first-order valence-electron chi connectivity index (χ1n) is 6.00. The third-order valence-corrected chi connectivity index (χ3v) is 4.34. The zero-order valence-corrected chi connectivity index (χ0v) is 12.3. The minimum atomic E-state index is -1.46. The highest BCUT2D eigenvalue weighted by atomic mass is 32.2. The molecule has 0 heterocycles. The summed E-state index contributed by atoms with van der Waals surface area (Å²) in [5, 5.41) is 2.02. The van der Waals surface area contributed by atoms with Crippen molar-refractivity contribution in [3.63, 3.8) is 0 Å². The van der Waals surface area contributed by atoms with E-state index in [2.05, 4.69) is 5.32 Å². The van der Waals surface area contributed by atoms with Gasteiger partial charge in [0.25, 0.3) is 0 Å². The van der Waals surface area contributed by atoms with Crippen LogP contribution in [0, 0.1) is 6.92 Å². The Labute approximate surface area is 116 Å². The number of nitrogens with one attached hydrogen (secondary N) is 1. The molecule has 0 aliphatic heterocycles. The van der Waals surface area contributed by atoms with Crippen LogP contribution < -0.4 is 11.1 Å². The number of methoxy groups -OCH3 is 1. The summed E-state index contributed by atoms with van der Waals surface area (Å²) >= 11 is 0. The van der Waals surface area contributed by atoms with Crippen molar-refractivity contribution in [3.05, 3.63) is 23.8 Å². The predicted molar refractivity (Wildman–Crippen MR) is 76.3 cm³/mol. The molecule has 106 valence electrons. The van der Waals surface area contributed by atoms with Crippen LogP contribution in [0.4, 0.5) is 5.69 Å². The quantitative estimate of drug-likeness (QED) is 0.599. The van der Waals surface area contributed by atoms with Gasteiger partial charge in [-0.1, -0.05) is 6.07 Å². The molecule has 0 fully saturated rings. The molecule has 0 aliphatic carbocycles. The average molecular weight is 284 g/mol. The highest BCUT2D eigenvalue weighted by Crippen LogP contribution is 2.20. The van der Waals surface area contributed by atoms with Crippen molar-refractivity contribution in [1.29, 1.82) is 0 Å². The first-order valence-corrected chi connectivity index (χ1v) is 7.22. The van der Waals surface area contributed by atoms with Gasteiger partial charge < -0.3 is 15.8 Å². The molecule has 0 radical (unpaired) electrons. The molecule has 3 N–H and O–H groups in total. The summed E-state index contributed by atoms with van der Waals surface area (Å²) in [4.78, 5) is 12.3. The van der Waals surface area contributed by atoms with Gasteiger partial charge in [0.2, 0.25) is 5.91 Å². The zero-order chi connectivity index (χ0) is 14.4. The molecule has 6 heteroatoms. The van der Waals surface area contributed by atoms with Crippen LogP contribution in [0.1, 0.15) is 12.5 Å². The van der Waals surface area contributed by atoms with Crippen molar-refractivity contribution in [3.8, 4) is 0 Å². The maximum absolute atomic E-state index is 12.3. The summed E-state index contributed by atoms with van der Waals surface area (Å²) in [6, 6.07) is 5.29. The van der Waals surface area contributed by atoms with Gasteiger partial charge >= 0.3 is 0 Å². The smallest absolute Gasteiger partial charge is 0.235 e. The minimum absolute atomic E-state index is 0.268. The molecule has 2 atom stereocenters. The Morgan fingerprint density at radius 1 is 1.53 bits per heavy atom. The number of rotatable bonds is 6. The van der Waals surface area contributed by atoms with Gasteiger partial charge in [0.1, 0.15) is 5.25 Å². The Morgan fingerprint density at radius 2 is 2.21 bits per heavy atom. The number of nitrogens with two attached hydrogens (primary N) is 1. The number of benzene rings is 1. The third kappa shape index (κ3) is 4.33. The number of amides is 1. The van der Waals surface area contributed by atoms with Gasteiger partial charge in [-0.15, -0.1) is 0 Å². The summed E-state index contributed by atoms with van der Waals surface area (Å²) in [5.41, 5.74) is 7.29. The molecule has 0 aliphatic rings. The van der Waals surface area contributed by atoms with Crippen LogP contribution in [-0.2, 0) is 20.3 Å². The number of nitrogen functional groups attached to an aromatic ring is 1. The normalized spacial score (nSPS) is 13.8. The second-order valence-corrected chi connectivity index (χ2v) is 6.01. The van der Waals surface area contributed by atoms with E-state index in [0.29, 0.717) is 23.7 Å². The van der Waals surface area contributed by atoms with Crippen LogP contribution in [0.2, 0.25) is 0 Å². The second kappa shape index (κ2) is 7.25. The number of aryl methyl sites for hydroxylation is 1. The molecule has 1 amide bonds. The first kappa shape index (κ1) is 15.7. The monoisotopic (exact) mass is 284 g/mol. The molecule has 5 nitrogen and oxygen atoms in total. The van der Waals surface area contributed by atoms with Gasteiger partial charge in [0, 0.05) is 19.3 Å². The van der Waals surface area contributed by atoms with Crippen LogP contribution in [0.15, 0.2) is 23.1 Å². The van der Waals surface area contributed by atoms with Crippen LogP contribution in [0.25, 0.3) is 0 Å². The fourth-order valence-electron chi connectivity index (χ4n) is 1.56. The second-order valence-electron chi connectivity index (χ2n) is 4.26. The Kier molecular flexibility index (Phi) is 5.98. The van der Waals surface area contributed by atoms with Crippen molar-refractivity contribution in [2.24, 2.45) is 0 Å². The Bertz CT molecular complexity index is 477. The zero-order valence-electron chi connectivity index (χ0n) is 11.4. The van der Waals surface area contributed by atoms with Gasteiger partial charge in [-0.05, 0) is 31.5 Å². The Hall–Kier alpha value is -1.40. The van der Waals surface area contributed by atoms with E-state index < -0.39 is 16.0 Å². The molecule has 1 aromatic carbocycles. The lowest BCUT2D eigenvalue weighted by Crippen LogP contribution is -2.37. The highest BCUT2D eigenvalue weighted by molar-refractivity contribution is 7.86. The minimum Gasteiger partial charge on any atom is -0.398 e. The van der Waals surface area contributed by atoms with Crippen LogP contribution in [0.3, 0.4) is 0 Å². The molecule has 0 bridgehead atoms.